The molecule has 118 valence electrons. The Morgan fingerprint density at radius 2 is 1.87 bits per heavy atom. The molecule has 1 N–H and O–H groups in total. The lowest BCUT2D eigenvalue weighted by atomic mass is 10.1. The van der Waals surface area contributed by atoms with Crippen molar-refractivity contribution in [2.24, 2.45) is 0 Å². The van der Waals surface area contributed by atoms with Crippen LogP contribution in [0.3, 0.4) is 0 Å². The predicted octanol–water partition coefficient (Wildman–Crippen LogP) is 3.43. The van der Waals surface area contributed by atoms with Gasteiger partial charge in [0.15, 0.2) is 0 Å². The third kappa shape index (κ3) is 4.25. The number of nitrogens with zero attached hydrogens (tertiary/aromatic N) is 1. The maximum atomic E-state index is 12.2. The Bertz CT molecular complexity index is 861. The molecule has 0 spiro atoms. The first kappa shape index (κ1) is 15.9. The first-order chi connectivity index (χ1) is 11.1. The van der Waals surface area contributed by atoms with Crippen molar-refractivity contribution < 1.29 is 8.42 Å². The van der Waals surface area contributed by atoms with E-state index in [1.165, 1.54) is 0 Å². The lowest BCUT2D eigenvalue weighted by Crippen LogP contribution is -2.25. The van der Waals surface area contributed by atoms with E-state index in [4.69, 9.17) is 0 Å². The SMILES string of the molecule is O=S(=O)(Cc1ccccc1)NCc1cccnc1-c1ccsc1. The quantitative estimate of drug-likeness (QED) is 0.745. The molecule has 0 saturated heterocycles. The van der Waals surface area contributed by atoms with E-state index >= 15 is 0 Å². The van der Waals surface area contributed by atoms with Crippen molar-refractivity contribution in [3.05, 3.63) is 76.6 Å². The number of hydrogen-bond acceptors (Lipinski definition) is 4. The zero-order valence-electron chi connectivity index (χ0n) is 12.3. The van der Waals surface area contributed by atoms with E-state index in [9.17, 15) is 8.42 Å². The second kappa shape index (κ2) is 7.04. The average molecular weight is 344 g/mol. The van der Waals surface area contributed by atoms with Crippen LogP contribution in [0.4, 0.5) is 0 Å². The van der Waals surface area contributed by atoms with Crippen LogP contribution in [0.2, 0.25) is 0 Å². The summed E-state index contributed by atoms with van der Waals surface area (Å²) in [6.07, 6.45) is 1.72. The van der Waals surface area contributed by atoms with Gasteiger partial charge in [-0.3, -0.25) is 4.98 Å². The molecule has 0 fully saturated rings. The van der Waals surface area contributed by atoms with Gasteiger partial charge in [0, 0.05) is 23.7 Å². The van der Waals surface area contributed by atoms with Crippen molar-refractivity contribution in [2.75, 3.05) is 0 Å². The molecule has 1 aromatic carbocycles. The second-order valence-corrected chi connectivity index (χ2v) is 7.68. The number of sulfonamides is 1. The first-order valence-electron chi connectivity index (χ1n) is 7.12. The molecule has 0 atom stereocenters. The molecule has 0 unspecified atom stereocenters. The highest BCUT2D eigenvalue weighted by molar-refractivity contribution is 7.88. The van der Waals surface area contributed by atoms with Crippen LogP contribution in [0.15, 0.2) is 65.5 Å². The molecule has 0 aliphatic heterocycles. The number of hydrogen-bond donors (Lipinski definition) is 1. The highest BCUT2D eigenvalue weighted by Crippen LogP contribution is 2.23. The monoisotopic (exact) mass is 344 g/mol. The Morgan fingerprint density at radius 1 is 1.04 bits per heavy atom. The van der Waals surface area contributed by atoms with Gasteiger partial charge < -0.3 is 0 Å². The molecule has 2 aromatic heterocycles. The van der Waals surface area contributed by atoms with Crippen LogP contribution in [0.25, 0.3) is 11.3 Å². The van der Waals surface area contributed by atoms with Gasteiger partial charge in [0.05, 0.1) is 11.4 Å². The molecule has 0 saturated carbocycles. The van der Waals surface area contributed by atoms with Crippen molar-refractivity contribution in [1.29, 1.82) is 0 Å². The van der Waals surface area contributed by atoms with E-state index in [0.29, 0.717) is 0 Å². The fraction of sp³-hybridized carbons (Fsp3) is 0.118. The minimum atomic E-state index is -3.39. The van der Waals surface area contributed by atoms with Gasteiger partial charge >= 0.3 is 0 Å². The first-order valence-corrected chi connectivity index (χ1v) is 9.71. The van der Waals surface area contributed by atoms with E-state index in [-0.39, 0.29) is 12.3 Å². The fourth-order valence-corrected chi connectivity index (χ4v) is 4.02. The zero-order chi connectivity index (χ0) is 16.1. The molecule has 0 aliphatic carbocycles. The van der Waals surface area contributed by atoms with Crippen LogP contribution < -0.4 is 4.72 Å². The van der Waals surface area contributed by atoms with Crippen LogP contribution in [-0.2, 0) is 22.3 Å². The lowest BCUT2D eigenvalue weighted by Gasteiger charge is -2.10. The summed E-state index contributed by atoms with van der Waals surface area (Å²) < 4.78 is 27.1. The minimum Gasteiger partial charge on any atom is -0.256 e. The van der Waals surface area contributed by atoms with Crippen molar-refractivity contribution in [3.8, 4) is 11.3 Å². The van der Waals surface area contributed by atoms with Gasteiger partial charge in [-0.1, -0.05) is 36.4 Å². The van der Waals surface area contributed by atoms with E-state index < -0.39 is 10.0 Å². The van der Waals surface area contributed by atoms with Crippen molar-refractivity contribution in [3.63, 3.8) is 0 Å². The van der Waals surface area contributed by atoms with Crippen LogP contribution in [0.1, 0.15) is 11.1 Å². The van der Waals surface area contributed by atoms with Gasteiger partial charge in [-0.25, -0.2) is 13.1 Å². The lowest BCUT2D eigenvalue weighted by molar-refractivity contribution is 0.580. The van der Waals surface area contributed by atoms with Crippen molar-refractivity contribution >= 4 is 21.4 Å². The van der Waals surface area contributed by atoms with Gasteiger partial charge in [-0.05, 0) is 28.6 Å². The van der Waals surface area contributed by atoms with E-state index in [2.05, 4.69) is 9.71 Å². The summed E-state index contributed by atoms with van der Waals surface area (Å²) in [6.45, 7) is 0.230. The molecule has 3 aromatic rings. The third-order valence-electron chi connectivity index (χ3n) is 3.37. The largest absolute Gasteiger partial charge is 0.256 e. The molecule has 0 bridgehead atoms. The van der Waals surface area contributed by atoms with Crippen LogP contribution in [0.5, 0.6) is 0 Å². The summed E-state index contributed by atoms with van der Waals surface area (Å²) in [6, 6.07) is 14.8. The summed E-state index contributed by atoms with van der Waals surface area (Å²) in [7, 11) is -3.39. The maximum Gasteiger partial charge on any atom is 0.216 e. The summed E-state index contributed by atoms with van der Waals surface area (Å²) in [5.41, 5.74) is 3.45. The molecule has 0 aliphatic rings. The van der Waals surface area contributed by atoms with Crippen molar-refractivity contribution in [1.82, 2.24) is 9.71 Å². The number of benzene rings is 1. The Kier molecular flexibility index (Phi) is 4.85. The maximum absolute atomic E-state index is 12.2. The van der Waals surface area contributed by atoms with Gasteiger partial charge in [0.25, 0.3) is 0 Å². The number of aromatic nitrogens is 1. The molecule has 2 heterocycles. The fourth-order valence-electron chi connectivity index (χ4n) is 2.27. The van der Waals surface area contributed by atoms with Crippen LogP contribution >= 0.6 is 11.3 Å². The second-order valence-electron chi connectivity index (χ2n) is 5.09. The minimum absolute atomic E-state index is 0.0259. The Morgan fingerprint density at radius 3 is 2.61 bits per heavy atom. The predicted molar refractivity (Wildman–Crippen MR) is 93.5 cm³/mol. The van der Waals surface area contributed by atoms with Gasteiger partial charge in [0.1, 0.15) is 0 Å². The third-order valence-corrected chi connectivity index (χ3v) is 5.35. The van der Waals surface area contributed by atoms with Crippen LogP contribution in [-0.4, -0.2) is 13.4 Å². The zero-order valence-corrected chi connectivity index (χ0v) is 14.0. The smallest absolute Gasteiger partial charge is 0.216 e. The highest BCUT2D eigenvalue weighted by Gasteiger charge is 2.13. The number of rotatable bonds is 6. The molecule has 4 nitrogen and oxygen atoms in total. The summed E-state index contributed by atoms with van der Waals surface area (Å²) in [5.74, 6) is -0.0259. The van der Waals surface area contributed by atoms with E-state index in [0.717, 1.165) is 22.4 Å². The molecular weight excluding hydrogens is 328 g/mol. The Labute approximate surface area is 139 Å². The van der Waals surface area contributed by atoms with Gasteiger partial charge in [0.2, 0.25) is 10.0 Å². The standard InChI is InChI=1S/C17H16N2O2S2/c20-23(21,13-14-5-2-1-3-6-14)19-11-15-7-4-9-18-17(15)16-8-10-22-12-16/h1-10,12,19H,11,13H2. The van der Waals surface area contributed by atoms with Gasteiger partial charge in [-0.15, -0.1) is 0 Å². The summed E-state index contributed by atoms with van der Waals surface area (Å²) in [5, 5.41) is 3.98. The average Bonchev–Trinajstić information content (AvgIpc) is 3.08. The number of pyridine rings is 1. The van der Waals surface area contributed by atoms with Gasteiger partial charge in [-0.2, -0.15) is 11.3 Å². The highest BCUT2D eigenvalue weighted by atomic mass is 32.2. The van der Waals surface area contributed by atoms with E-state index in [1.807, 2.05) is 47.2 Å². The summed E-state index contributed by atoms with van der Waals surface area (Å²) >= 11 is 1.59. The molecular formula is C17H16N2O2S2. The van der Waals surface area contributed by atoms with Crippen LogP contribution in [0, 0.1) is 0 Å². The normalized spacial score (nSPS) is 11.5. The molecule has 23 heavy (non-hydrogen) atoms. The molecule has 3 rings (SSSR count). The molecule has 0 radical (unpaired) electrons. The molecule has 6 heteroatoms. The summed E-state index contributed by atoms with van der Waals surface area (Å²) in [4.78, 5) is 4.38. The Balaban J connectivity index is 1.74. The number of thiophene rings is 1. The number of nitrogens with one attached hydrogen (secondary N) is 1. The molecule has 0 amide bonds. The van der Waals surface area contributed by atoms with Crippen molar-refractivity contribution in [2.45, 2.75) is 12.3 Å². The topological polar surface area (TPSA) is 59.1 Å². The Hall–Kier alpha value is -2.02. The van der Waals surface area contributed by atoms with E-state index in [1.54, 1.807) is 29.7 Å².